The Hall–Kier alpha value is -3.91. The third-order valence-corrected chi connectivity index (χ3v) is 6.78. The molecule has 4 rings (SSSR count). The van der Waals surface area contributed by atoms with Gasteiger partial charge in [-0.3, -0.25) is 9.97 Å². The minimum atomic E-state index is -1.12. The molecule has 0 aliphatic rings. The van der Waals surface area contributed by atoms with Crippen molar-refractivity contribution in [2.24, 2.45) is 0 Å². The molecule has 0 aliphatic carbocycles. The summed E-state index contributed by atoms with van der Waals surface area (Å²) < 4.78 is 0. The van der Waals surface area contributed by atoms with Crippen molar-refractivity contribution in [2.75, 3.05) is 0 Å². The van der Waals surface area contributed by atoms with Crippen LogP contribution in [0.2, 0.25) is 0 Å². The summed E-state index contributed by atoms with van der Waals surface area (Å²) in [5.41, 5.74) is 2.49. The third-order valence-electron chi connectivity index (χ3n) is 5.59. The molecule has 0 aromatic carbocycles. The molecule has 0 atom stereocenters. The highest BCUT2D eigenvalue weighted by atomic mass is 32.1. The summed E-state index contributed by atoms with van der Waals surface area (Å²) in [6.07, 6.45) is 9.01. The monoisotopic (exact) mass is 487 g/mol. The molecule has 0 unspecified atom stereocenters. The molecule has 0 fully saturated rings. The number of rotatable bonds is 10. The van der Waals surface area contributed by atoms with Crippen molar-refractivity contribution in [3.63, 3.8) is 0 Å². The molecule has 4 heterocycles. The van der Waals surface area contributed by atoms with Gasteiger partial charge in [0, 0.05) is 22.1 Å². The fourth-order valence-electron chi connectivity index (χ4n) is 3.74. The molecule has 2 N–H and O–H groups in total. The summed E-state index contributed by atoms with van der Waals surface area (Å²) in [5, 5.41) is 18.9. The van der Waals surface area contributed by atoms with Crippen molar-refractivity contribution in [1.82, 2.24) is 15.0 Å². The van der Waals surface area contributed by atoms with Gasteiger partial charge in [-0.25, -0.2) is 14.6 Å². The zero-order valence-corrected chi connectivity index (χ0v) is 20.1. The Balaban J connectivity index is 1.67. The number of carboxylic acids is 2. The van der Waals surface area contributed by atoms with Crippen LogP contribution in [0.15, 0.2) is 60.9 Å². The van der Waals surface area contributed by atoms with Gasteiger partial charge in [0.25, 0.3) is 0 Å². The van der Waals surface area contributed by atoms with E-state index in [-0.39, 0.29) is 22.5 Å². The number of unbranched alkanes of at least 4 members (excludes halogenated alkanes) is 3. The van der Waals surface area contributed by atoms with Gasteiger partial charge in [-0.1, -0.05) is 26.2 Å². The number of carboxylic acid groups (broad SMARTS) is 2. The molecule has 0 saturated heterocycles. The van der Waals surface area contributed by atoms with Crippen LogP contribution in [0.4, 0.5) is 0 Å². The molecule has 0 saturated carbocycles. The maximum Gasteiger partial charge on any atom is 0.335 e. The first-order chi connectivity index (χ1) is 16.9. The van der Waals surface area contributed by atoms with Gasteiger partial charge in [0.15, 0.2) is 0 Å². The highest BCUT2D eigenvalue weighted by molar-refractivity contribution is 7.15. The Morgan fingerprint density at radius 1 is 0.771 bits per heavy atom. The zero-order chi connectivity index (χ0) is 24.8. The quantitative estimate of drug-likeness (QED) is 0.247. The minimum Gasteiger partial charge on any atom is -0.478 e. The van der Waals surface area contributed by atoms with Gasteiger partial charge in [0.1, 0.15) is 0 Å². The molecule has 0 spiro atoms. The number of pyridine rings is 3. The van der Waals surface area contributed by atoms with Crippen LogP contribution in [0.3, 0.4) is 0 Å². The normalized spacial score (nSPS) is 10.9. The second-order valence-corrected chi connectivity index (χ2v) is 9.34. The summed E-state index contributed by atoms with van der Waals surface area (Å²) in [7, 11) is 0. The van der Waals surface area contributed by atoms with E-state index < -0.39 is 11.9 Å². The average Bonchev–Trinajstić information content (AvgIpc) is 3.35. The van der Waals surface area contributed by atoms with E-state index >= 15 is 0 Å². The van der Waals surface area contributed by atoms with E-state index in [1.165, 1.54) is 61.0 Å². The van der Waals surface area contributed by atoms with Crippen molar-refractivity contribution >= 4 is 23.3 Å². The average molecular weight is 488 g/mol. The molecule has 7 nitrogen and oxygen atoms in total. The summed E-state index contributed by atoms with van der Waals surface area (Å²) in [6, 6.07) is 13.7. The molecule has 178 valence electrons. The van der Waals surface area contributed by atoms with Crippen LogP contribution in [0.1, 0.15) is 58.2 Å². The number of carbonyl (C=O) groups is 2. The molecular weight excluding hydrogens is 462 g/mol. The molecule has 0 radical (unpaired) electrons. The zero-order valence-electron chi connectivity index (χ0n) is 19.3. The van der Waals surface area contributed by atoms with Crippen LogP contribution in [-0.4, -0.2) is 37.1 Å². The fourth-order valence-corrected chi connectivity index (χ4v) is 4.78. The van der Waals surface area contributed by atoms with Crippen LogP contribution in [0.5, 0.6) is 0 Å². The summed E-state index contributed by atoms with van der Waals surface area (Å²) in [4.78, 5) is 38.8. The number of aryl methyl sites for hydroxylation is 1. The minimum absolute atomic E-state index is 0.0187. The molecule has 35 heavy (non-hydrogen) atoms. The lowest BCUT2D eigenvalue weighted by molar-refractivity contribution is 0.0686. The first-order valence-electron chi connectivity index (χ1n) is 11.4. The summed E-state index contributed by atoms with van der Waals surface area (Å²) in [6.45, 7) is 2.21. The number of aromatic nitrogens is 3. The molecule has 4 aromatic rings. The maximum absolute atomic E-state index is 11.8. The number of nitrogens with zero attached hydrogens (tertiary/aromatic N) is 3. The summed E-state index contributed by atoms with van der Waals surface area (Å²) in [5.74, 6) is -2.22. The Kier molecular flexibility index (Phi) is 7.62. The lowest BCUT2D eigenvalue weighted by Gasteiger charge is -2.08. The van der Waals surface area contributed by atoms with Gasteiger partial charge in [-0.15, -0.1) is 11.3 Å². The van der Waals surface area contributed by atoms with Crippen molar-refractivity contribution in [3.8, 4) is 33.2 Å². The van der Waals surface area contributed by atoms with Crippen LogP contribution in [0.25, 0.3) is 33.2 Å². The van der Waals surface area contributed by atoms with Crippen molar-refractivity contribution in [3.05, 3.63) is 76.9 Å². The second-order valence-electron chi connectivity index (χ2n) is 8.17. The SMILES string of the molecule is CCCCCCc1ccc(-c2ccnc(-c3cc(C(=O)O)cc(-c4cc(C(=O)O)ccn4)n3)c2)s1. The molecule has 0 aliphatic heterocycles. The Morgan fingerprint density at radius 3 is 2.11 bits per heavy atom. The molecule has 8 heteroatoms. The van der Waals surface area contributed by atoms with Gasteiger partial charge in [-0.2, -0.15) is 0 Å². The van der Waals surface area contributed by atoms with Gasteiger partial charge in [-0.05, 0) is 66.9 Å². The lowest BCUT2D eigenvalue weighted by Crippen LogP contribution is -2.02. The lowest BCUT2D eigenvalue weighted by atomic mass is 10.1. The number of aromatic carboxylic acids is 2. The van der Waals surface area contributed by atoms with E-state index in [1.807, 2.05) is 12.1 Å². The van der Waals surface area contributed by atoms with Crippen molar-refractivity contribution < 1.29 is 19.8 Å². The first-order valence-corrected chi connectivity index (χ1v) is 12.3. The van der Waals surface area contributed by atoms with E-state index in [0.717, 1.165) is 16.9 Å². The predicted octanol–water partition coefficient (Wildman–Crippen LogP) is 6.45. The van der Waals surface area contributed by atoms with Crippen LogP contribution in [0, 0.1) is 0 Å². The largest absolute Gasteiger partial charge is 0.478 e. The molecule has 0 amide bonds. The van der Waals surface area contributed by atoms with Gasteiger partial charge in [0.05, 0.1) is 33.9 Å². The number of thiophene rings is 1. The molecule has 4 aromatic heterocycles. The van der Waals surface area contributed by atoms with E-state index in [0.29, 0.717) is 11.4 Å². The highest BCUT2D eigenvalue weighted by Crippen LogP contribution is 2.32. The molecular formula is C27H25N3O4S. The predicted molar refractivity (Wildman–Crippen MR) is 136 cm³/mol. The molecule has 0 bridgehead atoms. The first kappa shape index (κ1) is 24.2. The van der Waals surface area contributed by atoms with Crippen LogP contribution in [-0.2, 0) is 6.42 Å². The van der Waals surface area contributed by atoms with E-state index in [1.54, 1.807) is 17.5 Å². The maximum atomic E-state index is 11.8. The standard InChI is InChI=1S/C27H25N3O4S/c1-2-3-4-5-6-20-7-8-25(35-20)17-9-11-28-21(13-17)23-15-19(27(33)34)16-24(30-23)22-14-18(26(31)32)10-12-29-22/h7-16H,2-6H2,1H3,(H,31,32)(H,33,34). The number of hydrogen-bond donors (Lipinski definition) is 2. The van der Waals surface area contributed by atoms with E-state index in [4.69, 9.17) is 0 Å². The Bertz CT molecular complexity index is 1370. The second kappa shape index (κ2) is 11.0. The smallest absolute Gasteiger partial charge is 0.335 e. The van der Waals surface area contributed by atoms with Gasteiger partial charge in [0.2, 0.25) is 0 Å². The fraction of sp³-hybridized carbons (Fsp3) is 0.222. The van der Waals surface area contributed by atoms with Crippen LogP contribution >= 0.6 is 11.3 Å². The summed E-state index contributed by atoms with van der Waals surface area (Å²) >= 11 is 1.75. The highest BCUT2D eigenvalue weighted by Gasteiger charge is 2.15. The topological polar surface area (TPSA) is 113 Å². The van der Waals surface area contributed by atoms with Crippen molar-refractivity contribution in [2.45, 2.75) is 39.0 Å². The number of hydrogen-bond acceptors (Lipinski definition) is 6. The van der Waals surface area contributed by atoms with Gasteiger partial charge >= 0.3 is 11.9 Å². The third kappa shape index (κ3) is 5.96. The van der Waals surface area contributed by atoms with E-state index in [9.17, 15) is 19.8 Å². The van der Waals surface area contributed by atoms with Crippen molar-refractivity contribution in [1.29, 1.82) is 0 Å². The Morgan fingerprint density at radius 2 is 1.43 bits per heavy atom. The van der Waals surface area contributed by atoms with Gasteiger partial charge < -0.3 is 10.2 Å². The van der Waals surface area contributed by atoms with E-state index in [2.05, 4.69) is 34.0 Å². The van der Waals surface area contributed by atoms with Crippen LogP contribution < -0.4 is 0 Å². The Labute approximate surface area is 207 Å².